The van der Waals surface area contributed by atoms with Gasteiger partial charge in [0, 0.05) is 42.4 Å². The van der Waals surface area contributed by atoms with Gasteiger partial charge in [0.2, 0.25) is 11.8 Å². The van der Waals surface area contributed by atoms with Crippen LogP contribution in [0.25, 0.3) is 0 Å². The van der Waals surface area contributed by atoms with E-state index < -0.39 is 11.0 Å². The van der Waals surface area contributed by atoms with Crippen LogP contribution in [0.3, 0.4) is 0 Å². The number of nitrogens with zero attached hydrogens (tertiary/aromatic N) is 2. The summed E-state index contributed by atoms with van der Waals surface area (Å²) in [5.41, 5.74) is 2.63. The Kier molecular flexibility index (Phi) is 11.6. The fourth-order valence-electron chi connectivity index (χ4n) is 3.92. The van der Waals surface area contributed by atoms with Crippen LogP contribution in [0.2, 0.25) is 5.02 Å². The molecule has 0 saturated heterocycles. The molecular formula is C29H32ClN3O4S. The summed E-state index contributed by atoms with van der Waals surface area (Å²) in [6.45, 7) is 2.81. The van der Waals surface area contributed by atoms with Crippen molar-refractivity contribution in [3.63, 3.8) is 0 Å². The minimum absolute atomic E-state index is 0.0265. The Morgan fingerprint density at radius 3 is 2.34 bits per heavy atom. The van der Waals surface area contributed by atoms with E-state index in [0.29, 0.717) is 23.7 Å². The Morgan fingerprint density at radius 1 is 1.00 bits per heavy atom. The largest absolute Gasteiger partial charge is 0.354 e. The van der Waals surface area contributed by atoms with Gasteiger partial charge in [0.25, 0.3) is 5.69 Å². The summed E-state index contributed by atoms with van der Waals surface area (Å²) >= 11 is 7.85. The van der Waals surface area contributed by atoms with Crippen molar-refractivity contribution in [1.29, 1.82) is 0 Å². The lowest BCUT2D eigenvalue weighted by Gasteiger charge is -2.32. The van der Waals surface area contributed by atoms with E-state index in [-0.39, 0.29) is 29.8 Å². The molecule has 0 fully saturated rings. The Labute approximate surface area is 232 Å². The fourth-order valence-corrected chi connectivity index (χ4v) is 4.99. The highest BCUT2D eigenvalue weighted by Gasteiger charge is 2.30. The van der Waals surface area contributed by atoms with E-state index in [0.717, 1.165) is 29.5 Å². The number of hydrogen-bond donors (Lipinski definition) is 1. The molecule has 0 aliphatic carbocycles. The van der Waals surface area contributed by atoms with Crippen molar-refractivity contribution < 1.29 is 14.5 Å². The molecule has 0 saturated carbocycles. The third-order valence-electron chi connectivity index (χ3n) is 6.04. The summed E-state index contributed by atoms with van der Waals surface area (Å²) in [5.74, 6) is 0.288. The number of benzene rings is 3. The van der Waals surface area contributed by atoms with Crippen LogP contribution in [-0.2, 0) is 28.3 Å². The van der Waals surface area contributed by atoms with Crippen molar-refractivity contribution in [3.8, 4) is 0 Å². The number of amides is 2. The van der Waals surface area contributed by atoms with Gasteiger partial charge in [0.05, 0.1) is 10.7 Å². The molecule has 9 heteroatoms. The second-order valence-corrected chi connectivity index (χ2v) is 10.3. The normalized spacial score (nSPS) is 11.5. The lowest BCUT2D eigenvalue weighted by Crippen LogP contribution is -2.51. The van der Waals surface area contributed by atoms with Crippen LogP contribution in [-0.4, -0.2) is 40.0 Å². The third-order valence-corrected chi connectivity index (χ3v) is 7.40. The molecule has 1 N–H and O–H groups in total. The predicted octanol–water partition coefficient (Wildman–Crippen LogP) is 6.04. The number of rotatable bonds is 14. The van der Waals surface area contributed by atoms with Crippen LogP contribution >= 0.6 is 23.4 Å². The molecule has 0 heterocycles. The Hall–Kier alpha value is -3.36. The highest BCUT2D eigenvalue weighted by atomic mass is 35.5. The Bertz CT molecular complexity index is 1210. The number of thioether (sulfide) groups is 1. The highest BCUT2D eigenvalue weighted by molar-refractivity contribution is 7.99. The van der Waals surface area contributed by atoms with Gasteiger partial charge < -0.3 is 10.2 Å². The molecule has 200 valence electrons. The maximum Gasteiger partial charge on any atom is 0.269 e. The number of carbonyl (C=O) groups excluding carboxylic acids is 2. The molecular weight excluding hydrogens is 522 g/mol. The quantitative estimate of drug-likeness (QED) is 0.149. The standard InChI is InChI=1S/C29H32ClN3O4S/c1-2-3-17-31-29(35)27(18-22-9-5-4-6-10-22)32(19-24-11-7-8-12-26(24)30)28(34)21-38-20-23-13-15-25(16-14-23)33(36)37/h4-16,27H,2-3,17-21H2,1H3,(H,31,35). The molecule has 1 unspecified atom stereocenters. The number of non-ortho nitro benzene ring substituents is 1. The summed E-state index contributed by atoms with van der Waals surface area (Å²) in [6.07, 6.45) is 2.18. The maximum absolute atomic E-state index is 13.7. The SMILES string of the molecule is CCCCNC(=O)C(Cc1ccccc1)N(Cc1ccccc1Cl)C(=O)CSCc1ccc([N+](=O)[O-])cc1. The zero-order valence-electron chi connectivity index (χ0n) is 21.3. The van der Waals surface area contributed by atoms with Gasteiger partial charge in [-0.3, -0.25) is 19.7 Å². The van der Waals surface area contributed by atoms with Gasteiger partial charge >= 0.3 is 0 Å². The minimum atomic E-state index is -0.710. The molecule has 0 radical (unpaired) electrons. The number of unbranched alkanes of at least 4 members (excludes halogenated alkanes) is 1. The molecule has 3 aromatic rings. The summed E-state index contributed by atoms with van der Waals surface area (Å²) in [5, 5.41) is 14.4. The van der Waals surface area contributed by atoms with Crippen molar-refractivity contribution in [1.82, 2.24) is 10.2 Å². The molecule has 3 aromatic carbocycles. The lowest BCUT2D eigenvalue weighted by molar-refractivity contribution is -0.384. The highest BCUT2D eigenvalue weighted by Crippen LogP contribution is 2.23. The van der Waals surface area contributed by atoms with Crippen LogP contribution in [0.5, 0.6) is 0 Å². The monoisotopic (exact) mass is 553 g/mol. The summed E-state index contributed by atoms with van der Waals surface area (Å²) in [4.78, 5) is 39.2. The molecule has 0 aromatic heterocycles. The zero-order chi connectivity index (χ0) is 27.3. The first-order valence-electron chi connectivity index (χ1n) is 12.5. The van der Waals surface area contributed by atoms with Crippen molar-refractivity contribution in [3.05, 3.63) is 111 Å². The minimum Gasteiger partial charge on any atom is -0.354 e. The van der Waals surface area contributed by atoms with E-state index in [2.05, 4.69) is 12.2 Å². The summed E-state index contributed by atoms with van der Waals surface area (Å²) < 4.78 is 0. The van der Waals surface area contributed by atoms with E-state index in [4.69, 9.17) is 11.6 Å². The number of halogens is 1. The van der Waals surface area contributed by atoms with Crippen LogP contribution in [0.1, 0.15) is 36.5 Å². The van der Waals surface area contributed by atoms with Crippen LogP contribution in [0.15, 0.2) is 78.9 Å². The predicted molar refractivity (Wildman–Crippen MR) is 153 cm³/mol. The zero-order valence-corrected chi connectivity index (χ0v) is 22.9. The van der Waals surface area contributed by atoms with Gasteiger partial charge in [-0.2, -0.15) is 0 Å². The van der Waals surface area contributed by atoms with Crippen molar-refractivity contribution in [2.75, 3.05) is 12.3 Å². The van der Waals surface area contributed by atoms with Crippen LogP contribution in [0, 0.1) is 10.1 Å². The van der Waals surface area contributed by atoms with Gasteiger partial charge in [0.15, 0.2) is 0 Å². The van der Waals surface area contributed by atoms with Gasteiger partial charge in [-0.25, -0.2) is 0 Å². The van der Waals surface area contributed by atoms with Gasteiger partial charge in [0.1, 0.15) is 6.04 Å². The lowest BCUT2D eigenvalue weighted by atomic mass is 10.0. The van der Waals surface area contributed by atoms with E-state index in [1.165, 1.54) is 23.9 Å². The number of carbonyl (C=O) groups is 2. The Balaban J connectivity index is 1.81. The first kappa shape index (κ1) is 29.2. The average Bonchev–Trinajstić information content (AvgIpc) is 2.92. The van der Waals surface area contributed by atoms with Gasteiger partial charge in [-0.15, -0.1) is 11.8 Å². The molecule has 0 aliphatic rings. The number of nitro benzene ring substituents is 1. The number of nitro groups is 1. The van der Waals surface area contributed by atoms with Gasteiger partial charge in [-0.1, -0.05) is 85.6 Å². The van der Waals surface area contributed by atoms with Crippen LogP contribution in [0.4, 0.5) is 5.69 Å². The van der Waals surface area contributed by atoms with E-state index >= 15 is 0 Å². The van der Waals surface area contributed by atoms with Gasteiger partial charge in [-0.05, 0) is 29.2 Å². The maximum atomic E-state index is 13.7. The van der Waals surface area contributed by atoms with E-state index in [1.54, 1.807) is 23.1 Å². The number of hydrogen-bond acceptors (Lipinski definition) is 5. The molecule has 3 rings (SSSR count). The summed E-state index contributed by atoms with van der Waals surface area (Å²) in [6, 6.07) is 22.6. The topological polar surface area (TPSA) is 92.6 Å². The molecule has 2 amide bonds. The average molecular weight is 554 g/mol. The van der Waals surface area contributed by atoms with Crippen LogP contribution < -0.4 is 5.32 Å². The third kappa shape index (κ3) is 8.89. The van der Waals surface area contributed by atoms with Crippen molar-refractivity contribution in [2.24, 2.45) is 0 Å². The Morgan fingerprint density at radius 2 is 1.68 bits per heavy atom. The summed E-state index contributed by atoms with van der Waals surface area (Å²) in [7, 11) is 0. The number of nitrogens with one attached hydrogen (secondary N) is 1. The molecule has 0 aliphatic heterocycles. The van der Waals surface area contributed by atoms with Crippen molar-refractivity contribution in [2.45, 2.75) is 44.5 Å². The molecule has 1 atom stereocenters. The second-order valence-electron chi connectivity index (χ2n) is 8.88. The molecule has 0 spiro atoms. The fraction of sp³-hybridized carbons (Fsp3) is 0.310. The smallest absolute Gasteiger partial charge is 0.269 e. The van der Waals surface area contributed by atoms with Crippen molar-refractivity contribution >= 4 is 40.9 Å². The van der Waals surface area contributed by atoms with E-state index in [9.17, 15) is 19.7 Å². The first-order valence-corrected chi connectivity index (χ1v) is 14.1. The second kappa shape index (κ2) is 15.1. The molecule has 0 bridgehead atoms. The first-order chi connectivity index (χ1) is 18.4. The van der Waals surface area contributed by atoms with E-state index in [1.807, 2.05) is 48.5 Å². The molecule has 38 heavy (non-hydrogen) atoms. The molecule has 7 nitrogen and oxygen atoms in total.